The van der Waals surface area contributed by atoms with E-state index in [4.69, 9.17) is 9.15 Å². The Kier molecular flexibility index (Phi) is 4.48. The van der Waals surface area contributed by atoms with Gasteiger partial charge in [0.15, 0.2) is 16.4 Å². The molecule has 0 aliphatic heterocycles. The van der Waals surface area contributed by atoms with Crippen LogP contribution in [-0.2, 0) is 10.8 Å². The normalized spacial score (nSPS) is 12.9. The molecule has 3 aromatic rings. The minimum atomic E-state index is -1.98. The minimum absolute atomic E-state index is 0.279. The maximum absolute atomic E-state index is 12.5. The van der Waals surface area contributed by atoms with E-state index in [0.29, 0.717) is 22.4 Å². The molecule has 0 radical (unpaired) electrons. The molecule has 9 heteroatoms. The maximum atomic E-state index is 12.5. The summed E-state index contributed by atoms with van der Waals surface area (Å²) in [6.07, 6.45) is 1.20. The van der Waals surface area contributed by atoms with Crippen LogP contribution in [0.5, 0.6) is 5.75 Å². The molecule has 1 heterocycles. The van der Waals surface area contributed by atoms with Crippen LogP contribution in [0, 0.1) is 10.1 Å². The first-order valence-corrected chi connectivity index (χ1v) is 8.17. The van der Waals surface area contributed by atoms with Gasteiger partial charge in [0.05, 0.1) is 22.4 Å². The third kappa shape index (κ3) is 3.50. The van der Waals surface area contributed by atoms with Crippen molar-refractivity contribution >= 4 is 28.0 Å². The molecule has 0 saturated carbocycles. The summed E-state index contributed by atoms with van der Waals surface area (Å²) >= 11 is 0. The highest BCUT2D eigenvalue weighted by Gasteiger charge is 2.22. The number of benzene rings is 2. The topological polar surface area (TPSA) is 115 Å². The third-order valence-electron chi connectivity index (χ3n) is 3.38. The zero-order valence-corrected chi connectivity index (χ0v) is 13.7. The number of rotatable bonds is 5. The fraction of sp³-hybridized carbons (Fsp3) is 0.0625. The molecule has 0 amide bonds. The molecule has 1 aromatic heterocycles. The van der Waals surface area contributed by atoms with Crippen molar-refractivity contribution < 1.29 is 18.3 Å². The van der Waals surface area contributed by atoms with Gasteiger partial charge >= 0.3 is 10.8 Å². The Labute approximate surface area is 143 Å². The molecule has 1 unspecified atom stereocenters. The molecule has 0 aliphatic carbocycles. The van der Waals surface area contributed by atoms with E-state index >= 15 is 0 Å². The SMILES string of the molecule is COc1ccc(S(=O)C(=Cc2ccc3oc(=O)[nH]c3c2)[N+](=O)[O-])cc1. The van der Waals surface area contributed by atoms with E-state index in [9.17, 15) is 19.1 Å². The van der Waals surface area contributed by atoms with Crippen LogP contribution in [0.3, 0.4) is 0 Å². The molecule has 0 aliphatic rings. The molecule has 8 nitrogen and oxygen atoms in total. The van der Waals surface area contributed by atoms with Gasteiger partial charge in [-0.1, -0.05) is 6.07 Å². The number of nitrogens with one attached hydrogen (secondary N) is 1. The molecule has 128 valence electrons. The lowest BCUT2D eigenvalue weighted by atomic mass is 10.2. The predicted octanol–water partition coefficient (Wildman–Crippen LogP) is 2.51. The maximum Gasteiger partial charge on any atom is 0.417 e. The number of aromatic nitrogens is 1. The van der Waals surface area contributed by atoms with Crippen LogP contribution in [0.2, 0.25) is 0 Å². The Balaban J connectivity index is 2.00. The van der Waals surface area contributed by atoms with E-state index in [1.807, 2.05) is 0 Å². The van der Waals surface area contributed by atoms with Crippen LogP contribution in [0.4, 0.5) is 0 Å². The summed E-state index contributed by atoms with van der Waals surface area (Å²) in [7, 11) is -0.489. The van der Waals surface area contributed by atoms with Crippen molar-refractivity contribution in [3.05, 3.63) is 73.7 Å². The lowest BCUT2D eigenvalue weighted by Crippen LogP contribution is -2.06. The van der Waals surface area contributed by atoms with Crippen LogP contribution >= 0.6 is 0 Å². The first-order valence-electron chi connectivity index (χ1n) is 7.03. The van der Waals surface area contributed by atoms with Crippen LogP contribution in [0.15, 0.2) is 61.6 Å². The van der Waals surface area contributed by atoms with Gasteiger partial charge < -0.3 is 9.15 Å². The van der Waals surface area contributed by atoms with Crippen molar-refractivity contribution in [1.29, 1.82) is 0 Å². The Hall–Kier alpha value is -3.20. The zero-order valence-electron chi connectivity index (χ0n) is 12.9. The second-order valence-corrected chi connectivity index (χ2v) is 6.38. The van der Waals surface area contributed by atoms with Gasteiger partial charge in [-0.15, -0.1) is 0 Å². The predicted molar refractivity (Wildman–Crippen MR) is 91.2 cm³/mol. The molecule has 1 N–H and O–H groups in total. The zero-order chi connectivity index (χ0) is 18.0. The van der Waals surface area contributed by atoms with Crippen molar-refractivity contribution in [2.75, 3.05) is 7.11 Å². The van der Waals surface area contributed by atoms with E-state index in [2.05, 4.69) is 4.98 Å². The number of ether oxygens (including phenoxy) is 1. The van der Waals surface area contributed by atoms with Gasteiger partial charge in [-0.25, -0.2) is 9.00 Å². The Morgan fingerprint density at radius 3 is 2.64 bits per heavy atom. The van der Waals surface area contributed by atoms with Crippen molar-refractivity contribution in [3.63, 3.8) is 0 Å². The van der Waals surface area contributed by atoms with Gasteiger partial charge in [0.2, 0.25) is 0 Å². The van der Waals surface area contributed by atoms with Crippen molar-refractivity contribution in [3.8, 4) is 5.75 Å². The molecule has 0 fully saturated rings. The molecule has 0 spiro atoms. The average molecular weight is 360 g/mol. The number of hydrogen-bond acceptors (Lipinski definition) is 6. The Bertz CT molecular complexity index is 1050. The molecule has 0 saturated heterocycles. The van der Waals surface area contributed by atoms with Crippen LogP contribution in [0.1, 0.15) is 5.56 Å². The summed E-state index contributed by atoms with van der Waals surface area (Å²) in [5, 5.41) is 10.9. The smallest absolute Gasteiger partial charge is 0.417 e. The fourth-order valence-corrected chi connectivity index (χ4v) is 3.20. The van der Waals surface area contributed by atoms with Crippen molar-refractivity contribution in [2.45, 2.75) is 4.90 Å². The fourth-order valence-electron chi connectivity index (χ4n) is 2.20. The van der Waals surface area contributed by atoms with Crippen LogP contribution in [0.25, 0.3) is 17.2 Å². The second kappa shape index (κ2) is 6.73. The summed E-state index contributed by atoms with van der Waals surface area (Å²) in [4.78, 5) is 24.6. The van der Waals surface area contributed by atoms with Gasteiger partial charge in [0.1, 0.15) is 5.75 Å². The average Bonchev–Trinajstić information content (AvgIpc) is 2.98. The third-order valence-corrected chi connectivity index (χ3v) is 4.72. The number of oxazole rings is 1. The standard InChI is InChI=1S/C16H12N2O6S/c1-23-11-3-5-12(6-4-11)25(22)15(18(20)21)9-10-2-7-14-13(8-10)17-16(19)24-14/h2-9H,1H3,(H,17,19). The van der Waals surface area contributed by atoms with Crippen molar-refractivity contribution in [2.24, 2.45) is 0 Å². The number of hydrogen-bond donors (Lipinski definition) is 1. The number of fused-ring (bicyclic) bond motifs is 1. The Morgan fingerprint density at radius 1 is 1.28 bits per heavy atom. The van der Waals surface area contributed by atoms with Crippen molar-refractivity contribution in [1.82, 2.24) is 4.98 Å². The molecular formula is C16H12N2O6S. The molecule has 3 rings (SSSR count). The van der Waals surface area contributed by atoms with E-state index in [1.165, 1.54) is 43.5 Å². The highest BCUT2D eigenvalue weighted by molar-refractivity contribution is 7.88. The lowest BCUT2D eigenvalue weighted by molar-refractivity contribution is -0.409. The number of nitrogens with zero attached hydrogens (tertiary/aromatic N) is 1. The van der Waals surface area contributed by atoms with E-state index in [1.54, 1.807) is 12.1 Å². The summed E-state index contributed by atoms with van der Waals surface area (Å²) in [6.45, 7) is 0. The lowest BCUT2D eigenvalue weighted by Gasteiger charge is -2.02. The molecule has 25 heavy (non-hydrogen) atoms. The highest BCUT2D eigenvalue weighted by atomic mass is 32.2. The molecule has 1 atom stereocenters. The van der Waals surface area contributed by atoms with E-state index in [-0.39, 0.29) is 4.90 Å². The molecule has 0 bridgehead atoms. The van der Waals surface area contributed by atoms with Gasteiger partial charge in [-0.05, 0) is 42.0 Å². The summed E-state index contributed by atoms with van der Waals surface area (Å²) in [6, 6.07) is 10.7. The first-order chi connectivity index (χ1) is 12.0. The summed E-state index contributed by atoms with van der Waals surface area (Å²) in [5.41, 5.74) is 1.15. The quantitative estimate of drug-likeness (QED) is 0.552. The van der Waals surface area contributed by atoms with E-state index in [0.717, 1.165) is 0 Å². The minimum Gasteiger partial charge on any atom is -0.497 e. The van der Waals surface area contributed by atoms with Gasteiger partial charge in [-0.3, -0.25) is 15.1 Å². The van der Waals surface area contributed by atoms with Crippen LogP contribution < -0.4 is 10.5 Å². The summed E-state index contributed by atoms with van der Waals surface area (Å²) < 4.78 is 22.4. The first kappa shape index (κ1) is 16.7. The monoisotopic (exact) mass is 360 g/mol. The Morgan fingerprint density at radius 2 is 2.00 bits per heavy atom. The number of methoxy groups -OCH3 is 1. The number of aromatic amines is 1. The van der Waals surface area contributed by atoms with Crippen LogP contribution in [-0.4, -0.2) is 21.2 Å². The van der Waals surface area contributed by atoms with Gasteiger partial charge in [-0.2, -0.15) is 0 Å². The number of H-pyrrole nitrogens is 1. The highest BCUT2D eigenvalue weighted by Crippen LogP contribution is 2.22. The second-order valence-electron chi connectivity index (χ2n) is 4.95. The van der Waals surface area contributed by atoms with Gasteiger partial charge in [0, 0.05) is 6.08 Å². The number of nitro groups is 1. The van der Waals surface area contributed by atoms with E-state index < -0.39 is 26.5 Å². The summed E-state index contributed by atoms with van der Waals surface area (Å²) in [5.74, 6) is -0.0609. The molecule has 2 aromatic carbocycles. The largest absolute Gasteiger partial charge is 0.497 e. The molecular weight excluding hydrogens is 348 g/mol. The van der Waals surface area contributed by atoms with Gasteiger partial charge in [0.25, 0.3) is 0 Å².